The standard InChI is InChI=1S/C28H32N4O5.ClH/c33-20-4-3-18-13-21-28(36)8-5-19(31-22(34)14-30-26(35)17-6-10-29-11-7-17)25-27(28,23(18)24(20)37-25)9-12-32(21)15-16-1-2-16;/h3-4,6-7,10-11,16,19,21,25,33,36H,1-2,5,8-9,12-15H2,(H,30,35)(H,31,34);1H/t19-,21-,25+,27+,28-;/m1./s1. The number of piperidine rings is 1. The number of phenols is 1. The van der Waals surface area contributed by atoms with Gasteiger partial charge in [0.25, 0.3) is 5.91 Å². The second-order valence-electron chi connectivity index (χ2n) is 11.4. The van der Waals surface area contributed by atoms with Crippen molar-refractivity contribution in [3.8, 4) is 11.5 Å². The Hall–Kier alpha value is -2.88. The van der Waals surface area contributed by atoms with Crippen LogP contribution in [0.25, 0.3) is 0 Å². The van der Waals surface area contributed by atoms with E-state index in [4.69, 9.17) is 4.74 Å². The summed E-state index contributed by atoms with van der Waals surface area (Å²) in [4.78, 5) is 31.7. The topological polar surface area (TPSA) is 124 Å². The molecule has 1 spiro atoms. The molecule has 10 heteroatoms. The molecule has 9 nitrogen and oxygen atoms in total. The molecular weight excluding hydrogens is 508 g/mol. The Bertz CT molecular complexity index is 1270. The van der Waals surface area contributed by atoms with Crippen molar-refractivity contribution in [3.63, 3.8) is 0 Å². The fourth-order valence-electron chi connectivity index (χ4n) is 7.65. The second-order valence-corrected chi connectivity index (χ2v) is 11.4. The van der Waals surface area contributed by atoms with Crippen LogP contribution in [-0.4, -0.2) is 75.3 Å². The molecule has 4 N–H and O–H groups in total. The predicted octanol–water partition coefficient (Wildman–Crippen LogP) is 1.69. The number of rotatable bonds is 6. The van der Waals surface area contributed by atoms with Gasteiger partial charge in [0, 0.05) is 36.1 Å². The van der Waals surface area contributed by atoms with Gasteiger partial charge in [0.05, 0.1) is 23.6 Å². The lowest BCUT2D eigenvalue weighted by molar-refractivity contribution is -0.192. The number of aromatic hydroxyl groups is 1. The van der Waals surface area contributed by atoms with Crippen molar-refractivity contribution in [2.75, 3.05) is 19.6 Å². The first-order valence-electron chi connectivity index (χ1n) is 13.4. The summed E-state index contributed by atoms with van der Waals surface area (Å²) in [6.45, 7) is 1.72. The van der Waals surface area contributed by atoms with Gasteiger partial charge in [-0.15, -0.1) is 12.4 Å². The molecule has 5 atom stereocenters. The molecule has 0 unspecified atom stereocenters. The number of benzene rings is 1. The molecule has 2 saturated carbocycles. The van der Waals surface area contributed by atoms with E-state index in [1.54, 1.807) is 18.2 Å². The molecule has 2 amide bonds. The molecule has 1 saturated heterocycles. The number of phenolic OH excluding ortho intramolecular Hbond substituents is 1. The van der Waals surface area contributed by atoms with Crippen LogP contribution in [0.3, 0.4) is 0 Å². The summed E-state index contributed by atoms with van der Waals surface area (Å²) >= 11 is 0. The first kappa shape index (κ1) is 25.4. The molecule has 3 heterocycles. The fourth-order valence-corrected chi connectivity index (χ4v) is 7.65. The van der Waals surface area contributed by atoms with Gasteiger partial charge in [0.15, 0.2) is 11.5 Å². The summed E-state index contributed by atoms with van der Waals surface area (Å²) in [5.74, 6) is 0.617. The van der Waals surface area contributed by atoms with Crippen LogP contribution in [0.4, 0.5) is 0 Å². The summed E-state index contributed by atoms with van der Waals surface area (Å²) in [5.41, 5.74) is 0.825. The number of halogens is 1. The Morgan fingerprint density at radius 1 is 1.13 bits per heavy atom. The molecule has 2 bridgehead atoms. The molecule has 0 radical (unpaired) electrons. The van der Waals surface area contributed by atoms with Crippen LogP contribution in [0.15, 0.2) is 36.7 Å². The van der Waals surface area contributed by atoms with E-state index < -0.39 is 17.1 Å². The summed E-state index contributed by atoms with van der Waals surface area (Å²) in [5, 5.41) is 29.0. The van der Waals surface area contributed by atoms with Gasteiger partial charge in [-0.05, 0) is 74.8 Å². The summed E-state index contributed by atoms with van der Waals surface area (Å²) in [7, 11) is 0. The van der Waals surface area contributed by atoms with Gasteiger partial charge >= 0.3 is 0 Å². The quantitative estimate of drug-likeness (QED) is 0.439. The maximum atomic E-state index is 13.0. The number of carbonyl (C=O) groups is 2. The number of amides is 2. The fraction of sp³-hybridized carbons (Fsp3) is 0.536. The zero-order valence-corrected chi connectivity index (χ0v) is 21.9. The van der Waals surface area contributed by atoms with Crippen LogP contribution >= 0.6 is 12.4 Å². The van der Waals surface area contributed by atoms with E-state index in [9.17, 15) is 19.8 Å². The molecule has 3 aliphatic carbocycles. The van der Waals surface area contributed by atoms with Gasteiger partial charge in [-0.2, -0.15) is 0 Å². The Morgan fingerprint density at radius 3 is 2.68 bits per heavy atom. The maximum absolute atomic E-state index is 13.0. The number of aliphatic hydroxyl groups is 1. The highest BCUT2D eigenvalue weighted by molar-refractivity contribution is 5.96. The number of hydrogen-bond donors (Lipinski definition) is 4. The van der Waals surface area contributed by atoms with Crippen molar-refractivity contribution in [2.24, 2.45) is 5.92 Å². The Morgan fingerprint density at radius 2 is 1.92 bits per heavy atom. The first-order valence-corrected chi connectivity index (χ1v) is 13.4. The molecule has 2 aromatic rings. The molecule has 1 aromatic carbocycles. The van der Waals surface area contributed by atoms with Crippen molar-refractivity contribution in [3.05, 3.63) is 53.3 Å². The van der Waals surface area contributed by atoms with Gasteiger partial charge in [0.1, 0.15) is 6.10 Å². The van der Waals surface area contributed by atoms with Gasteiger partial charge in [-0.25, -0.2) is 0 Å². The molecule has 3 fully saturated rings. The zero-order chi connectivity index (χ0) is 25.4. The van der Waals surface area contributed by atoms with Crippen LogP contribution in [0.2, 0.25) is 0 Å². The van der Waals surface area contributed by atoms with E-state index >= 15 is 0 Å². The number of ether oxygens (including phenoxy) is 1. The molecule has 202 valence electrons. The summed E-state index contributed by atoms with van der Waals surface area (Å²) in [6, 6.07) is 6.50. The average molecular weight is 541 g/mol. The highest BCUT2D eigenvalue weighted by Crippen LogP contribution is 2.65. The SMILES string of the molecule is Cl.O=C(CNC(=O)c1ccncc1)N[C@@H]1CC[C@@]2(O)[C@H]3Cc4ccc(O)c5c4[C@@]2(CCN3CC2CC2)[C@H]1O5. The smallest absolute Gasteiger partial charge is 0.251 e. The number of likely N-dealkylation sites (tertiary alicyclic amines) is 1. The summed E-state index contributed by atoms with van der Waals surface area (Å²) < 4.78 is 6.47. The third kappa shape index (κ3) is 3.62. The van der Waals surface area contributed by atoms with E-state index in [-0.39, 0.29) is 48.6 Å². The molecule has 5 aliphatic rings. The highest BCUT2D eigenvalue weighted by atomic mass is 35.5. The van der Waals surface area contributed by atoms with E-state index in [1.165, 1.54) is 25.2 Å². The Kier molecular flexibility index (Phi) is 6.09. The Labute approximate surface area is 227 Å². The second kappa shape index (κ2) is 9.10. The van der Waals surface area contributed by atoms with Crippen molar-refractivity contribution in [1.82, 2.24) is 20.5 Å². The third-order valence-electron chi connectivity index (χ3n) is 9.46. The zero-order valence-electron chi connectivity index (χ0n) is 21.1. The van der Waals surface area contributed by atoms with E-state index in [0.29, 0.717) is 30.6 Å². The van der Waals surface area contributed by atoms with E-state index in [2.05, 4.69) is 20.5 Å². The molecule has 7 rings (SSSR count). The first-order chi connectivity index (χ1) is 17.9. The number of nitrogens with zero attached hydrogens (tertiary/aromatic N) is 2. The van der Waals surface area contributed by atoms with Gasteiger partial charge in [-0.3, -0.25) is 19.5 Å². The molecular formula is C28H33ClN4O5. The van der Waals surface area contributed by atoms with Crippen LogP contribution in [-0.2, 0) is 16.6 Å². The van der Waals surface area contributed by atoms with Crippen LogP contribution in [0, 0.1) is 5.92 Å². The lowest BCUT2D eigenvalue weighted by Gasteiger charge is -2.64. The maximum Gasteiger partial charge on any atom is 0.251 e. The number of nitrogens with one attached hydrogen (secondary N) is 2. The van der Waals surface area contributed by atoms with Crippen LogP contribution in [0.1, 0.15) is 53.6 Å². The lowest BCUT2D eigenvalue weighted by atomic mass is 9.48. The van der Waals surface area contributed by atoms with Crippen LogP contribution in [0.5, 0.6) is 11.5 Å². The normalized spacial score (nSPS) is 32.4. The van der Waals surface area contributed by atoms with Crippen LogP contribution < -0.4 is 15.4 Å². The third-order valence-corrected chi connectivity index (χ3v) is 9.46. The number of aromatic nitrogens is 1. The lowest BCUT2D eigenvalue weighted by Crippen LogP contribution is -2.78. The predicted molar refractivity (Wildman–Crippen MR) is 141 cm³/mol. The molecule has 1 aromatic heterocycles. The van der Waals surface area contributed by atoms with Crippen molar-refractivity contribution >= 4 is 24.2 Å². The molecule has 38 heavy (non-hydrogen) atoms. The monoisotopic (exact) mass is 540 g/mol. The summed E-state index contributed by atoms with van der Waals surface area (Å²) in [6.07, 6.45) is 7.66. The van der Waals surface area contributed by atoms with Gasteiger partial charge < -0.3 is 25.6 Å². The minimum Gasteiger partial charge on any atom is -0.504 e. The molecule has 2 aliphatic heterocycles. The number of pyridine rings is 1. The van der Waals surface area contributed by atoms with Crippen molar-refractivity contribution in [2.45, 2.75) is 67.7 Å². The van der Waals surface area contributed by atoms with Crippen molar-refractivity contribution in [1.29, 1.82) is 0 Å². The Balaban J connectivity index is 0.00000264. The van der Waals surface area contributed by atoms with Crippen molar-refractivity contribution < 1.29 is 24.5 Å². The minimum absolute atomic E-state index is 0. The highest BCUT2D eigenvalue weighted by Gasteiger charge is 2.73. The van der Waals surface area contributed by atoms with Gasteiger partial charge in [0.2, 0.25) is 5.91 Å². The van der Waals surface area contributed by atoms with E-state index in [1.807, 2.05) is 6.07 Å². The number of carbonyl (C=O) groups excluding carboxylic acids is 2. The average Bonchev–Trinajstić information content (AvgIpc) is 3.64. The number of hydrogen-bond acceptors (Lipinski definition) is 7. The minimum atomic E-state index is -0.992. The van der Waals surface area contributed by atoms with E-state index in [0.717, 1.165) is 36.6 Å². The largest absolute Gasteiger partial charge is 0.504 e. The van der Waals surface area contributed by atoms with Gasteiger partial charge in [-0.1, -0.05) is 6.07 Å².